The number of benzene rings is 2. The molecule has 0 radical (unpaired) electrons. The molecule has 3 N–H and O–H groups in total. The molecule has 3 aromatic rings. The Kier molecular flexibility index (Phi) is 1.58. The summed E-state index contributed by atoms with van der Waals surface area (Å²) in [5, 5.41) is 2.57. The van der Waals surface area contributed by atoms with Crippen molar-refractivity contribution in [1.29, 1.82) is 0 Å². The highest BCUT2D eigenvalue weighted by atomic mass is 14.8. The lowest BCUT2D eigenvalue weighted by molar-refractivity contribution is 0.741. The monoisotopic (exact) mass is 222 g/mol. The fourth-order valence-electron chi connectivity index (χ4n) is 2.58. The van der Waals surface area contributed by atoms with Crippen LogP contribution in [0.15, 0.2) is 42.5 Å². The third-order valence-corrected chi connectivity index (χ3v) is 3.87. The summed E-state index contributed by atoms with van der Waals surface area (Å²) in [6, 6.07) is 15.0. The number of nitrogens with one attached hydrogen (secondary N) is 1. The lowest BCUT2D eigenvalue weighted by Gasteiger charge is -2.08. The first-order chi connectivity index (χ1) is 8.26. The van der Waals surface area contributed by atoms with Crippen LogP contribution in [0.2, 0.25) is 0 Å². The Hall–Kier alpha value is -1.80. The first-order valence-corrected chi connectivity index (χ1v) is 6.06. The van der Waals surface area contributed by atoms with Crippen molar-refractivity contribution in [2.75, 3.05) is 0 Å². The molecule has 1 saturated carbocycles. The van der Waals surface area contributed by atoms with Gasteiger partial charge in [0.25, 0.3) is 0 Å². The maximum Gasteiger partial charge on any atom is 0.0465 e. The van der Waals surface area contributed by atoms with E-state index >= 15 is 0 Å². The quantitative estimate of drug-likeness (QED) is 0.652. The Labute approximate surface area is 99.4 Å². The summed E-state index contributed by atoms with van der Waals surface area (Å²) in [5.41, 5.74) is 9.87. The molecule has 1 aliphatic carbocycles. The van der Waals surface area contributed by atoms with E-state index in [1.165, 1.54) is 27.4 Å². The van der Waals surface area contributed by atoms with Gasteiger partial charge >= 0.3 is 0 Å². The average molecular weight is 222 g/mol. The van der Waals surface area contributed by atoms with E-state index in [0.717, 1.165) is 12.8 Å². The van der Waals surface area contributed by atoms with Crippen LogP contribution in [0, 0.1) is 0 Å². The third kappa shape index (κ3) is 1.25. The van der Waals surface area contributed by atoms with Crippen LogP contribution in [0.1, 0.15) is 18.4 Å². The highest BCUT2D eigenvalue weighted by Crippen LogP contribution is 2.43. The number of fused-ring (bicyclic) bond motifs is 3. The van der Waals surface area contributed by atoms with Crippen LogP contribution in [-0.2, 0) is 5.54 Å². The fourth-order valence-corrected chi connectivity index (χ4v) is 2.58. The molecule has 2 heteroatoms. The smallest absolute Gasteiger partial charge is 0.0465 e. The summed E-state index contributed by atoms with van der Waals surface area (Å²) in [6.07, 6.45) is 2.22. The van der Waals surface area contributed by atoms with Crippen LogP contribution >= 0.6 is 0 Å². The predicted octanol–water partition coefficient (Wildman–Crippen LogP) is 3.27. The van der Waals surface area contributed by atoms with E-state index in [4.69, 9.17) is 5.73 Å². The molecule has 0 amide bonds. The molecule has 4 rings (SSSR count). The SMILES string of the molecule is NC1(c2ccc3[nH]c4ccccc4c3c2)CC1. The molecule has 0 unspecified atom stereocenters. The molecule has 1 heterocycles. The van der Waals surface area contributed by atoms with Crippen LogP contribution in [-0.4, -0.2) is 4.98 Å². The second kappa shape index (κ2) is 2.90. The van der Waals surface area contributed by atoms with E-state index in [2.05, 4.69) is 47.4 Å². The van der Waals surface area contributed by atoms with Crippen molar-refractivity contribution in [2.24, 2.45) is 5.73 Å². The summed E-state index contributed by atoms with van der Waals surface area (Å²) in [5.74, 6) is 0. The van der Waals surface area contributed by atoms with Gasteiger partial charge in [0.1, 0.15) is 0 Å². The molecule has 0 atom stereocenters. The zero-order valence-corrected chi connectivity index (χ0v) is 9.53. The van der Waals surface area contributed by atoms with E-state index in [1.807, 2.05) is 0 Å². The molecule has 1 aliphatic rings. The van der Waals surface area contributed by atoms with Crippen molar-refractivity contribution in [2.45, 2.75) is 18.4 Å². The number of rotatable bonds is 1. The van der Waals surface area contributed by atoms with Gasteiger partial charge in [0.05, 0.1) is 0 Å². The Balaban J connectivity index is 2.07. The van der Waals surface area contributed by atoms with Gasteiger partial charge in [-0.2, -0.15) is 0 Å². The van der Waals surface area contributed by atoms with Crippen molar-refractivity contribution in [3.05, 3.63) is 48.0 Å². The van der Waals surface area contributed by atoms with Crippen molar-refractivity contribution in [1.82, 2.24) is 4.98 Å². The molecular weight excluding hydrogens is 208 g/mol. The molecule has 0 spiro atoms. The number of aromatic amines is 1. The van der Waals surface area contributed by atoms with Crippen LogP contribution in [0.3, 0.4) is 0 Å². The highest BCUT2D eigenvalue weighted by Gasteiger charge is 2.39. The number of hydrogen-bond donors (Lipinski definition) is 2. The topological polar surface area (TPSA) is 41.8 Å². The molecular formula is C15H14N2. The zero-order chi connectivity index (χ0) is 11.5. The summed E-state index contributed by atoms with van der Waals surface area (Å²) in [7, 11) is 0. The largest absolute Gasteiger partial charge is 0.355 e. The van der Waals surface area contributed by atoms with Crippen molar-refractivity contribution >= 4 is 21.8 Å². The van der Waals surface area contributed by atoms with E-state index < -0.39 is 0 Å². The van der Waals surface area contributed by atoms with Crippen LogP contribution in [0.5, 0.6) is 0 Å². The summed E-state index contributed by atoms with van der Waals surface area (Å²) < 4.78 is 0. The van der Waals surface area contributed by atoms with E-state index in [-0.39, 0.29) is 5.54 Å². The van der Waals surface area contributed by atoms with Gasteiger partial charge in [0.15, 0.2) is 0 Å². The molecule has 2 aromatic carbocycles. The van der Waals surface area contributed by atoms with Crippen LogP contribution in [0.25, 0.3) is 21.8 Å². The average Bonchev–Trinajstić information content (AvgIpc) is 3.00. The molecule has 1 aromatic heterocycles. The first-order valence-electron chi connectivity index (χ1n) is 6.06. The van der Waals surface area contributed by atoms with Crippen molar-refractivity contribution < 1.29 is 0 Å². The third-order valence-electron chi connectivity index (χ3n) is 3.87. The van der Waals surface area contributed by atoms with Gasteiger partial charge < -0.3 is 10.7 Å². The maximum atomic E-state index is 6.26. The first kappa shape index (κ1) is 9.25. The van der Waals surface area contributed by atoms with Gasteiger partial charge in [-0.25, -0.2) is 0 Å². The summed E-state index contributed by atoms with van der Waals surface area (Å²) in [4.78, 5) is 3.44. The Bertz CT molecular complexity index is 720. The molecule has 0 aliphatic heterocycles. The molecule has 1 fully saturated rings. The van der Waals surface area contributed by atoms with E-state index in [1.54, 1.807) is 0 Å². The number of hydrogen-bond acceptors (Lipinski definition) is 1. The second-order valence-corrected chi connectivity index (χ2v) is 5.09. The Morgan fingerprint density at radius 3 is 2.53 bits per heavy atom. The summed E-state index contributed by atoms with van der Waals surface area (Å²) >= 11 is 0. The van der Waals surface area contributed by atoms with Gasteiger partial charge in [-0.1, -0.05) is 24.3 Å². The fraction of sp³-hybridized carbons (Fsp3) is 0.200. The van der Waals surface area contributed by atoms with Gasteiger partial charge in [0.2, 0.25) is 0 Å². The number of para-hydroxylation sites is 1. The lowest BCUT2D eigenvalue weighted by atomic mass is 10.0. The van der Waals surface area contributed by atoms with Gasteiger partial charge in [0, 0.05) is 27.3 Å². The Morgan fingerprint density at radius 1 is 0.941 bits per heavy atom. The molecule has 0 saturated heterocycles. The van der Waals surface area contributed by atoms with E-state index in [9.17, 15) is 0 Å². The molecule has 84 valence electrons. The molecule has 2 nitrogen and oxygen atoms in total. The number of aromatic nitrogens is 1. The minimum absolute atomic E-state index is 0.0490. The summed E-state index contributed by atoms with van der Waals surface area (Å²) in [6.45, 7) is 0. The highest BCUT2D eigenvalue weighted by molar-refractivity contribution is 6.07. The standard InChI is InChI=1S/C15H14N2/c16-15(7-8-15)10-5-6-14-12(9-10)11-3-1-2-4-13(11)17-14/h1-6,9,17H,7-8,16H2. The van der Waals surface area contributed by atoms with E-state index in [0.29, 0.717) is 0 Å². The second-order valence-electron chi connectivity index (χ2n) is 5.09. The van der Waals surface area contributed by atoms with Crippen molar-refractivity contribution in [3.8, 4) is 0 Å². The zero-order valence-electron chi connectivity index (χ0n) is 9.53. The number of H-pyrrole nitrogens is 1. The van der Waals surface area contributed by atoms with Crippen LogP contribution < -0.4 is 5.73 Å². The molecule has 17 heavy (non-hydrogen) atoms. The minimum Gasteiger partial charge on any atom is -0.355 e. The van der Waals surface area contributed by atoms with Gasteiger partial charge in [-0.15, -0.1) is 0 Å². The van der Waals surface area contributed by atoms with Gasteiger partial charge in [-0.3, -0.25) is 0 Å². The molecule has 0 bridgehead atoms. The Morgan fingerprint density at radius 2 is 1.71 bits per heavy atom. The minimum atomic E-state index is -0.0490. The predicted molar refractivity (Wildman–Crippen MR) is 70.9 cm³/mol. The normalized spacial score (nSPS) is 17.7. The lowest BCUT2D eigenvalue weighted by Crippen LogP contribution is -2.18. The van der Waals surface area contributed by atoms with Gasteiger partial charge in [-0.05, 0) is 36.6 Å². The van der Waals surface area contributed by atoms with Crippen molar-refractivity contribution in [3.63, 3.8) is 0 Å². The van der Waals surface area contributed by atoms with Crippen LogP contribution in [0.4, 0.5) is 0 Å². The number of nitrogens with two attached hydrogens (primary N) is 1. The maximum absolute atomic E-state index is 6.26.